The zero-order valence-corrected chi connectivity index (χ0v) is 20.8. The molecule has 0 N–H and O–H groups in total. The number of hydrogen-bond acceptors (Lipinski definition) is 5. The molecule has 1 aliphatic carbocycles. The van der Waals surface area contributed by atoms with Crippen LogP contribution in [0, 0.1) is 29.1 Å². The highest BCUT2D eigenvalue weighted by Gasteiger charge is 2.42. The fraction of sp³-hybridized carbons (Fsp3) is 0.640. The van der Waals surface area contributed by atoms with E-state index in [1.54, 1.807) is 22.9 Å². The maximum absolute atomic E-state index is 13.8. The van der Waals surface area contributed by atoms with Gasteiger partial charge in [0, 0.05) is 24.9 Å². The average Bonchev–Trinajstić information content (AvgIpc) is 3.31. The number of nitrogens with zero attached hydrogens (tertiary/aromatic N) is 2. The molecule has 1 aliphatic heterocycles. The number of thiophene rings is 1. The van der Waals surface area contributed by atoms with Crippen LogP contribution in [0.1, 0.15) is 74.3 Å². The number of likely N-dealkylation sites (tertiary alicyclic amines) is 1. The fourth-order valence-corrected chi connectivity index (χ4v) is 5.22. The van der Waals surface area contributed by atoms with E-state index in [0.29, 0.717) is 34.3 Å². The largest absolute Gasteiger partial charge is 0.465 e. The van der Waals surface area contributed by atoms with Crippen molar-refractivity contribution in [3.63, 3.8) is 0 Å². The molecule has 2 heterocycles. The number of amides is 2. The summed E-state index contributed by atoms with van der Waals surface area (Å²) in [5.74, 6) is 6.13. The molecule has 0 radical (unpaired) electrons. The zero-order chi connectivity index (χ0) is 23.6. The van der Waals surface area contributed by atoms with E-state index < -0.39 is 12.0 Å². The molecule has 3 rings (SSSR count). The van der Waals surface area contributed by atoms with Crippen LogP contribution in [0.2, 0.25) is 0 Å². The van der Waals surface area contributed by atoms with E-state index in [4.69, 9.17) is 4.74 Å². The Labute approximate surface area is 195 Å². The topological polar surface area (TPSA) is 66.9 Å². The van der Waals surface area contributed by atoms with Gasteiger partial charge in [0.1, 0.15) is 10.9 Å². The number of carbonyl (C=O) groups excluding carboxylic acids is 3. The first-order chi connectivity index (χ1) is 15.0. The van der Waals surface area contributed by atoms with Crippen LogP contribution >= 0.6 is 11.3 Å². The molecular weight excluding hydrogens is 424 g/mol. The maximum atomic E-state index is 13.8. The third-order valence-electron chi connectivity index (χ3n) is 6.22. The quantitative estimate of drug-likeness (QED) is 0.498. The second-order valence-electron chi connectivity index (χ2n) is 10.0. The minimum Gasteiger partial charge on any atom is -0.465 e. The summed E-state index contributed by atoms with van der Waals surface area (Å²) in [6, 6.07) is 1.18. The predicted molar refractivity (Wildman–Crippen MR) is 127 cm³/mol. The first kappa shape index (κ1) is 24.3. The van der Waals surface area contributed by atoms with Crippen LogP contribution in [0.3, 0.4) is 0 Å². The maximum Gasteiger partial charge on any atom is 0.350 e. The molecule has 1 saturated carbocycles. The molecule has 32 heavy (non-hydrogen) atoms. The SMILES string of the molecule is COC(=O)c1sc(C#CC(C)(C)C)cc1N(C(=O)C1CCC(C)CC1)[C@H]1CCN(C)C1=O. The van der Waals surface area contributed by atoms with Crippen LogP contribution in [0.15, 0.2) is 6.07 Å². The lowest BCUT2D eigenvalue weighted by Crippen LogP contribution is -2.48. The van der Waals surface area contributed by atoms with Crippen molar-refractivity contribution < 1.29 is 19.1 Å². The van der Waals surface area contributed by atoms with Crippen LogP contribution in [0.5, 0.6) is 0 Å². The van der Waals surface area contributed by atoms with Crippen LogP contribution in [0.25, 0.3) is 0 Å². The highest BCUT2D eigenvalue weighted by Crippen LogP contribution is 2.38. The van der Waals surface area contributed by atoms with Crippen molar-refractivity contribution in [2.24, 2.45) is 17.3 Å². The molecule has 174 valence electrons. The molecule has 0 aromatic carbocycles. The predicted octanol–water partition coefficient (Wildman–Crippen LogP) is 4.32. The number of anilines is 1. The van der Waals surface area contributed by atoms with Crippen LogP contribution in [0.4, 0.5) is 5.69 Å². The van der Waals surface area contributed by atoms with E-state index >= 15 is 0 Å². The first-order valence-electron chi connectivity index (χ1n) is 11.3. The summed E-state index contributed by atoms with van der Waals surface area (Å²) >= 11 is 1.22. The summed E-state index contributed by atoms with van der Waals surface area (Å²) in [6.45, 7) is 8.85. The van der Waals surface area contributed by atoms with Crippen molar-refractivity contribution in [1.29, 1.82) is 0 Å². The molecular formula is C25H34N2O4S. The number of methoxy groups -OCH3 is 1. The number of likely N-dealkylation sites (N-methyl/N-ethyl adjacent to an activating group) is 1. The molecule has 1 aromatic rings. The highest BCUT2D eigenvalue weighted by atomic mass is 32.1. The number of carbonyl (C=O) groups is 3. The van der Waals surface area contributed by atoms with Crippen molar-refractivity contribution in [1.82, 2.24) is 4.90 Å². The molecule has 0 spiro atoms. The summed E-state index contributed by atoms with van der Waals surface area (Å²) < 4.78 is 5.03. The third kappa shape index (κ3) is 5.35. The normalized spacial score (nSPS) is 23.5. The standard InChI is InChI=1S/C25H34N2O4S/c1-16-7-9-17(10-8-16)22(28)27(19-12-14-26(5)23(19)29)20-15-18(11-13-25(2,3)4)32-21(20)24(30)31-6/h15-17,19H,7-10,12,14H2,1-6H3/t16?,17?,19-/m0/s1. The van der Waals surface area contributed by atoms with Crippen LogP contribution < -0.4 is 4.90 Å². The van der Waals surface area contributed by atoms with Gasteiger partial charge in [0.2, 0.25) is 11.8 Å². The van der Waals surface area contributed by atoms with E-state index in [9.17, 15) is 14.4 Å². The van der Waals surface area contributed by atoms with Crippen LogP contribution in [-0.4, -0.2) is 49.4 Å². The molecule has 1 saturated heterocycles. The number of esters is 1. The second kappa shape index (κ2) is 9.66. The van der Waals surface area contributed by atoms with Gasteiger partial charge >= 0.3 is 5.97 Å². The van der Waals surface area contributed by atoms with E-state index in [1.807, 2.05) is 20.8 Å². The Kier molecular flexibility index (Phi) is 7.34. The van der Waals surface area contributed by atoms with Gasteiger partial charge in [-0.15, -0.1) is 11.3 Å². The van der Waals surface area contributed by atoms with Gasteiger partial charge in [0.05, 0.1) is 17.7 Å². The monoisotopic (exact) mass is 458 g/mol. The average molecular weight is 459 g/mol. The summed E-state index contributed by atoms with van der Waals surface area (Å²) in [4.78, 5) is 43.7. The molecule has 0 bridgehead atoms. The van der Waals surface area contributed by atoms with E-state index in [1.165, 1.54) is 18.4 Å². The van der Waals surface area contributed by atoms with E-state index in [0.717, 1.165) is 25.7 Å². The molecule has 2 amide bonds. The van der Waals surface area contributed by atoms with Gasteiger partial charge < -0.3 is 9.64 Å². The lowest BCUT2D eigenvalue weighted by molar-refractivity contribution is -0.131. The number of rotatable bonds is 4. The third-order valence-corrected chi connectivity index (χ3v) is 7.24. The van der Waals surface area contributed by atoms with Gasteiger partial charge in [-0.05, 0) is 64.9 Å². The molecule has 1 atom stereocenters. The molecule has 6 nitrogen and oxygen atoms in total. The molecule has 1 aromatic heterocycles. The Hall–Kier alpha value is -2.33. The van der Waals surface area contributed by atoms with Gasteiger partial charge in [-0.3, -0.25) is 14.5 Å². The van der Waals surface area contributed by atoms with Crippen molar-refractivity contribution in [3.8, 4) is 11.8 Å². The lowest BCUT2D eigenvalue weighted by atomic mass is 9.82. The molecule has 0 unspecified atom stereocenters. The van der Waals surface area contributed by atoms with Crippen molar-refractivity contribution in [2.75, 3.05) is 25.6 Å². The number of ether oxygens (including phenoxy) is 1. The second-order valence-corrected chi connectivity index (χ2v) is 11.1. The van der Waals surface area contributed by atoms with Crippen molar-refractivity contribution >= 4 is 34.8 Å². The minimum atomic E-state index is -0.603. The molecule has 2 fully saturated rings. The molecule has 7 heteroatoms. The summed E-state index contributed by atoms with van der Waals surface area (Å²) in [6.07, 6.45) is 4.16. The van der Waals surface area contributed by atoms with Gasteiger partial charge in [-0.2, -0.15) is 0 Å². The zero-order valence-electron chi connectivity index (χ0n) is 20.0. The fourth-order valence-electron chi connectivity index (χ4n) is 4.30. The van der Waals surface area contributed by atoms with Gasteiger partial charge in [0.25, 0.3) is 0 Å². The van der Waals surface area contributed by atoms with Crippen molar-refractivity contribution in [3.05, 3.63) is 15.8 Å². The smallest absolute Gasteiger partial charge is 0.350 e. The van der Waals surface area contributed by atoms with E-state index in [-0.39, 0.29) is 23.1 Å². The minimum absolute atomic E-state index is 0.0659. The Morgan fingerprint density at radius 3 is 2.38 bits per heavy atom. The number of hydrogen-bond donors (Lipinski definition) is 0. The summed E-state index contributed by atoms with van der Waals surface area (Å²) in [5.41, 5.74) is 0.255. The van der Waals surface area contributed by atoms with E-state index in [2.05, 4.69) is 18.8 Å². The Balaban J connectivity index is 2.07. The van der Waals surface area contributed by atoms with Gasteiger partial charge in [-0.1, -0.05) is 18.8 Å². The summed E-state index contributed by atoms with van der Waals surface area (Å²) in [5, 5.41) is 0. The molecule has 2 aliphatic rings. The van der Waals surface area contributed by atoms with Crippen LogP contribution in [-0.2, 0) is 14.3 Å². The first-order valence-corrected chi connectivity index (χ1v) is 12.2. The summed E-state index contributed by atoms with van der Waals surface area (Å²) in [7, 11) is 3.08. The lowest BCUT2D eigenvalue weighted by Gasteiger charge is -2.33. The Morgan fingerprint density at radius 1 is 1.19 bits per heavy atom. The Bertz CT molecular complexity index is 941. The highest BCUT2D eigenvalue weighted by molar-refractivity contribution is 7.15. The Morgan fingerprint density at radius 2 is 1.84 bits per heavy atom. The van der Waals surface area contributed by atoms with Gasteiger partial charge in [0.15, 0.2) is 0 Å². The van der Waals surface area contributed by atoms with Crippen molar-refractivity contribution in [2.45, 2.75) is 65.8 Å². The van der Waals surface area contributed by atoms with Gasteiger partial charge in [-0.25, -0.2) is 4.79 Å².